The van der Waals surface area contributed by atoms with E-state index in [1.807, 2.05) is 13.8 Å². The van der Waals surface area contributed by atoms with Crippen molar-refractivity contribution in [3.05, 3.63) is 16.0 Å². The van der Waals surface area contributed by atoms with Crippen molar-refractivity contribution in [2.45, 2.75) is 47.0 Å². The molecule has 0 spiro atoms. The van der Waals surface area contributed by atoms with Gasteiger partial charge in [-0.3, -0.25) is 14.5 Å². The minimum atomic E-state index is -0.375. The smallest absolute Gasteiger partial charge is 0.341 e. The first-order chi connectivity index (χ1) is 13.4. The predicted octanol–water partition coefficient (Wildman–Crippen LogP) is 2.45. The average Bonchev–Trinajstić information content (AvgIpc) is 2.98. The van der Waals surface area contributed by atoms with Crippen LogP contribution < -0.4 is 10.6 Å². The largest absolute Gasteiger partial charge is 0.462 e. The summed E-state index contributed by atoms with van der Waals surface area (Å²) in [6, 6.07) is 0. The van der Waals surface area contributed by atoms with Gasteiger partial charge < -0.3 is 15.4 Å². The number of ether oxygens (including phenoxy) is 1. The SMILES string of the molecule is CCNC(=O)CN(CC)CC(=O)Nc1sc2c(c1C(=O)OCC)CC[C@@H](C)C2. The van der Waals surface area contributed by atoms with E-state index in [1.165, 1.54) is 11.3 Å². The molecule has 1 aromatic heterocycles. The third-order valence-corrected chi connectivity index (χ3v) is 5.97. The molecule has 8 heteroatoms. The van der Waals surface area contributed by atoms with Crippen molar-refractivity contribution in [2.75, 3.05) is 38.1 Å². The maximum absolute atomic E-state index is 12.6. The van der Waals surface area contributed by atoms with E-state index in [2.05, 4.69) is 17.6 Å². The Morgan fingerprint density at radius 3 is 2.54 bits per heavy atom. The van der Waals surface area contributed by atoms with Crippen molar-refractivity contribution < 1.29 is 19.1 Å². The van der Waals surface area contributed by atoms with Crippen LogP contribution in [0, 0.1) is 5.92 Å². The number of nitrogens with one attached hydrogen (secondary N) is 2. The Labute approximate surface area is 170 Å². The van der Waals surface area contributed by atoms with E-state index < -0.39 is 0 Å². The van der Waals surface area contributed by atoms with Crippen molar-refractivity contribution >= 4 is 34.1 Å². The Hall–Kier alpha value is -1.93. The maximum atomic E-state index is 12.6. The molecule has 2 N–H and O–H groups in total. The van der Waals surface area contributed by atoms with E-state index in [1.54, 1.807) is 11.8 Å². The summed E-state index contributed by atoms with van der Waals surface area (Å²) in [6.07, 6.45) is 2.77. The summed E-state index contributed by atoms with van der Waals surface area (Å²) in [6.45, 7) is 9.43. The van der Waals surface area contributed by atoms with Gasteiger partial charge in [-0.25, -0.2) is 4.79 Å². The molecule has 1 aromatic rings. The molecule has 0 saturated carbocycles. The first kappa shape index (κ1) is 22.4. The summed E-state index contributed by atoms with van der Waals surface area (Å²) >= 11 is 1.47. The lowest BCUT2D eigenvalue weighted by Crippen LogP contribution is -2.41. The van der Waals surface area contributed by atoms with Crippen LogP contribution in [0.25, 0.3) is 0 Å². The third kappa shape index (κ3) is 5.78. The normalized spacial score (nSPS) is 15.8. The number of hydrogen-bond acceptors (Lipinski definition) is 6. The molecule has 0 fully saturated rings. The molecule has 0 radical (unpaired) electrons. The zero-order chi connectivity index (χ0) is 20.7. The number of likely N-dealkylation sites (N-methyl/N-ethyl adjacent to an activating group) is 2. The number of fused-ring (bicyclic) bond motifs is 1. The van der Waals surface area contributed by atoms with E-state index in [-0.39, 0.29) is 30.9 Å². The fraction of sp³-hybridized carbons (Fsp3) is 0.650. The number of thiophene rings is 1. The summed E-state index contributed by atoms with van der Waals surface area (Å²) in [4.78, 5) is 39.8. The number of rotatable bonds is 9. The lowest BCUT2D eigenvalue weighted by molar-refractivity contribution is -0.123. The highest BCUT2D eigenvalue weighted by atomic mass is 32.1. The first-order valence-corrected chi connectivity index (χ1v) is 10.8. The Kier molecular flexibility index (Phi) is 8.44. The number of nitrogens with zero attached hydrogens (tertiary/aromatic N) is 1. The molecular formula is C20H31N3O4S. The number of anilines is 1. The Balaban J connectivity index is 2.14. The van der Waals surface area contributed by atoms with Crippen LogP contribution in [0.2, 0.25) is 0 Å². The number of esters is 1. The highest BCUT2D eigenvalue weighted by Crippen LogP contribution is 2.40. The molecule has 7 nitrogen and oxygen atoms in total. The second kappa shape index (κ2) is 10.6. The molecule has 28 heavy (non-hydrogen) atoms. The monoisotopic (exact) mass is 409 g/mol. The van der Waals surface area contributed by atoms with Crippen LogP contribution >= 0.6 is 11.3 Å². The molecule has 0 unspecified atom stereocenters. The third-order valence-electron chi connectivity index (χ3n) is 4.80. The van der Waals surface area contributed by atoms with Crippen LogP contribution in [-0.4, -0.2) is 55.5 Å². The molecule has 1 aliphatic carbocycles. The van der Waals surface area contributed by atoms with Crippen molar-refractivity contribution in [3.8, 4) is 0 Å². The van der Waals surface area contributed by atoms with Crippen LogP contribution in [-0.2, 0) is 27.2 Å². The Bertz CT molecular complexity index is 717. The van der Waals surface area contributed by atoms with Gasteiger partial charge in [0, 0.05) is 11.4 Å². The van der Waals surface area contributed by atoms with Gasteiger partial charge in [0.2, 0.25) is 11.8 Å². The average molecular weight is 410 g/mol. The zero-order valence-corrected chi connectivity index (χ0v) is 18.0. The molecule has 0 aliphatic heterocycles. The minimum absolute atomic E-state index is 0.0921. The molecular weight excluding hydrogens is 378 g/mol. The van der Waals surface area contributed by atoms with Gasteiger partial charge in [0.15, 0.2) is 0 Å². The highest BCUT2D eigenvalue weighted by molar-refractivity contribution is 7.17. The van der Waals surface area contributed by atoms with E-state index in [9.17, 15) is 14.4 Å². The lowest BCUT2D eigenvalue weighted by Gasteiger charge is -2.19. The van der Waals surface area contributed by atoms with Crippen LogP contribution in [0.1, 0.15) is 54.9 Å². The van der Waals surface area contributed by atoms with E-state index in [4.69, 9.17) is 4.74 Å². The number of carbonyl (C=O) groups excluding carboxylic acids is 3. The lowest BCUT2D eigenvalue weighted by atomic mass is 9.88. The molecule has 0 saturated heterocycles. The molecule has 1 aliphatic rings. The Morgan fingerprint density at radius 2 is 1.89 bits per heavy atom. The van der Waals surface area contributed by atoms with Gasteiger partial charge >= 0.3 is 5.97 Å². The van der Waals surface area contributed by atoms with Gasteiger partial charge in [0.1, 0.15) is 5.00 Å². The molecule has 0 aromatic carbocycles. The summed E-state index contributed by atoms with van der Waals surface area (Å²) in [7, 11) is 0. The fourth-order valence-corrected chi connectivity index (χ4v) is 4.78. The summed E-state index contributed by atoms with van der Waals surface area (Å²) in [5.74, 6) is -0.148. The Morgan fingerprint density at radius 1 is 1.18 bits per heavy atom. The van der Waals surface area contributed by atoms with Gasteiger partial charge in [-0.15, -0.1) is 11.3 Å². The minimum Gasteiger partial charge on any atom is -0.462 e. The molecule has 1 heterocycles. The topological polar surface area (TPSA) is 87.7 Å². The van der Waals surface area contributed by atoms with Crippen LogP contribution in [0.5, 0.6) is 0 Å². The van der Waals surface area contributed by atoms with E-state index in [0.717, 1.165) is 29.7 Å². The fourth-order valence-electron chi connectivity index (χ4n) is 3.36. The molecule has 0 bridgehead atoms. The number of hydrogen-bond donors (Lipinski definition) is 2. The van der Waals surface area contributed by atoms with Gasteiger partial charge in [-0.05, 0) is 51.1 Å². The summed E-state index contributed by atoms with van der Waals surface area (Å²) in [5.41, 5.74) is 1.53. The quantitative estimate of drug-likeness (QED) is 0.612. The van der Waals surface area contributed by atoms with Gasteiger partial charge in [-0.2, -0.15) is 0 Å². The van der Waals surface area contributed by atoms with Crippen molar-refractivity contribution in [1.29, 1.82) is 0 Å². The summed E-state index contributed by atoms with van der Waals surface area (Å²) in [5, 5.41) is 6.20. The van der Waals surface area contributed by atoms with E-state index in [0.29, 0.717) is 36.2 Å². The summed E-state index contributed by atoms with van der Waals surface area (Å²) < 4.78 is 5.24. The van der Waals surface area contributed by atoms with Crippen molar-refractivity contribution in [1.82, 2.24) is 10.2 Å². The van der Waals surface area contributed by atoms with Gasteiger partial charge in [-0.1, -0.05) is 13.8 Å². The van der Waals surface area contributed by atoms with Gasteiger partial charge in [0.05, 0.1) is 25.3 Å². The standard InChI is InChI=1S/C20H31N3O4S/c1-5-21-16(24)11-23(6-2)12-17(25)22-19-18(20(26)27-7-3)14-9-8-13(4)10-15(14)28-19/h13H,5-12H2,1-4H3,(H,21,24)(H,22,25)/t13-/m1/s1. The van der Waals surface area contributed by atoms with Crippen LogP contribution in [0.3, 0.4) is 0 Å². The van der Waals surface area contributed by atoms with Crippen molar-refractivity contribution in [2.24, 2.45) is 5.92 Å². The second-order valence-corrected chi connectivity index (χ2v) is 8.19. The zero-order valence-electron chi connectivity index (χ0n) is 17.2. The first-order valence-electron chi connectivity index (χ1n) is 10.00. The predicted molar refractivity (Wildman–Crippen MR) is 111 cm³/mol. The van der Waals surface area contributed by atoms with Crippen LogP contribution in [0.15, 0.2) is 0 Å². The van der Waals surface area contributed by atoms with Crippen molar-refractivity contribution in [3.63, 3.8) is 0 Å². The highest BCUT2D eigenvalue weighted by Gasteiger charge is 2.29. The van der Waals surface area contributed by atoms with Crippen LogP contribution in [0.4, 0.5) is 5.00 Å². The molecule has 1 atom stereocenters. The molecule has 2 amide bonds. The van der Waals surface area contributed by atoms with Gasteiger partial charge in [0.25, 0.3) is 0 Å². The second-order valence-electron chi connectivity index (χ2n) is 7.08. The number of amides is 2. The molecule has 156 valence electrons. The van der Waals surface area contributed by atoms with E-state index >= 15 is 0 Å². The molecule has 2 rings (SSSR count). The maximum Gasteiger partial charge on any atom is 0.341 e. The number of carbonyl (C=O) groups is 3.